The Balaban J connectivity index is 1.64. The average Bonchev–Trinajstić information content (AvgIpc) is 3.05. The maximum atomic E-state index is 12.8. The fourth-order valence-electron chi connectivity index (χ4n) is 2.63. The number of amides is 2. The molecule has 0 saturated heterocycles. The number of aromatic nitrogens is 1. The summed E-state index contributed by atoms with van der Waals surface area (Å²) in [6, 6.07) is 13.2. The number of anilines is 2. The van der Waals surface area contributed by atoms with Gasteiger partial charge in [0.05, 0.1) is 21.2 Å². The first kappa shape index (κ1) is 16.1. The molecule has 0 bridgehead atoms. The largest absolute Gasteiger partial charge is 0.324 e. The summed E-state index contributed by atoms with van der Waals surface area (Å²) in [5.41, 5.74) is 2.10. The van der Waals surface area contributed by atoms with Crippen molar-refractivity contribution in [3.63, 3.8) is 0 Å². The van der Waals surface area contributed by atoms with E-state index >= 15 is 0 Å². The summed E-state index contributed by atoms with van der Waals surface area (Å²) < 4.78 is 1.04. The van der Waals surface area contributed by atoms with E-state index in [1.54, 1.807) is 24.1 Å². The van der Waals surface area contributed by atoms with Crippen LogP contribution in [0.1, 0.15) is 17.3 Å². The molecule has 0 aliphatic carbocycles. The van der Waals surface area contributed by atoms with Crippen LogP contribution in [0.25, 0.3) is 10.2 Å². The van der Waals surface area contributed by atoms with Gasteiger partial charge in [-0.05, 0) is 37.3 Å². The summed E-state index contributed by atoms with van der Waals surface area (Å²) in [5, 5.41) is 3.39. The molecule has 1 aliphatic rings. The van der Waals surface area contributed by atoms with Gasteiger partial charge in [-0.25, -0.2) is 4.98 Å². The van der Waals surface area contributed by atoms with E-state index in [1.165, 1.54) is 23.1 Å². The molecule has 1 unspecified atom stereocenters. The lowest BCUT2D eigenvalue weighted by Gasteiger charge is -2.22. The fourth-order valence-corrected chi connectivity index (χ4v) is 4.48. The minimum atomic E-state index is -0.153. The van der Waals surface area contributed by atoms with Crippen LogP contribution in [0.4, 0.5) is 10.8 Å². The Bertz CT molecular complexity index is 966. The first-order valence-corrected chi connectivity index (χ1v) is 9.48. The zero-order valence-corrected chi connectivity index (χ0v) is 15.3. The van der Waals surface area contributed by atoms with E-state index in [1.807, 2.05) is 37.3 Å². The molecule has 1 aliphatic heterocycles. The van der Waals surface area contributed by atoms with Gasteiger partial charge in [0.1, 0.15) is 0 Å². The summed E-state index contributed by atoms with van der Waals surface area (Å²) in [7, 11) is 1.72. The number of benzene rings is 2. The van der Waals surface area contributed by atoms with Crippen LogP contribution in [-0.2, 0) is 4.79 Å². The van der Waals surface area contributed by atoms with Crippen molar-refractivity contribution in [1.82, 2.24) is 4.98 Å². The van der Waals surface area contributed by atoms with Crippen molar-refractivity contribution in [3.8, 4) is 0 Å². The summed E-state index contributed by atoms with van der Waals surface area (Å²) in [6.45, 7) is 1.86. The van der Waals surface area contributed by atoms with E-state index < -0.39 is 0 Å². The molecular formula is C18H15N3O2S2. The smallest absolute Gasteiger partial charge is 0.259 e. The molecule has 2 amide bonds. The number of hydrogen-bond donors (Lipinski definition) is 1. The lowest BCUT2D eigenvalue weighted by atomic mass is 10.1. The molecule has 0 fully saturated rings. The van der Waals surface area contributed by atoms with Crippen molar-refractivity contribution in [2.45, 2.75) is 17.1 Å². The standard InChI is InChI=1S/C18H15N3O2S2/c1-10-16(22)19-13-9-11(7-8-15(13)24-10)17(23)21(2)18-20-12-5-3-4-6-14(12)25-18/h3-10H,1-2H3,(H,19,22). The Labute approximate surface area is 153 Å². The van der Waals surface area contributed by atoms with Gasteiger partial charge in [0.15, 0.2) is 5.13 Å². The summed E-state index contributed by atoms with van der Waals surface area (Å²) in [6.07, 6.45) is 0. The van der Waals surface area contributed by atoms with Crippen LogP contribution >= 0.6 is 23.1 Å². The molecule has 1 aromatic heterocycles. The van der Waals surface area contributed by atoms with E-state index in [0.29, 0.717) is 16.4 Å². The molecule has 7 heteroatoms. The maximum Gasteiger partial charge on any atom is 0.259 e. The Hall–Kier alpha value is -2.38. The van der Waals surface area contributed by atoms with Crippen molar-refractivity contribution in [2.24, 2.45) is 0 Å². The number of thiazole rings is 1. The zero-order chi connectivity index (χ0) is 17.6. The van der Waals surface area contributed by atoms with Crippen LogP contribution in [0.2, 0.25) is 0 Å². The molecule has 3 aromatic rings. The summed E-state index contributed by atoms with van der Waals surface area (Å²) >= 11 is 2.98. The number of rotatable bonds is 2. The lowest BCUT2D eigenvalue weighted by Crippen LogP contribution is -2.28. The van der Waals surface area contributed by atoms with E-state index in [2.05, 4.69) is 10.3 Å². The molecule has 126 valence electrons. The fraction of sp³-hybridized carbons (Fsp3) is 0.167. The van der Waals surface area contributed by atoms with Gasteiger partial charge >= 0.3 is 0 Å². The number of carbonyl (C=O) groups is 2. The molecule has 4 rings (SSSR count). The Morgan fingerprint density at radius 2 is 2.04 bits per heavy atom. The van der Waals surface area contributed by atoms with Crippen molar-refractivity contribution < 1.29 is 9.59 Å². The van der Waals surface area contributed by atoms with E-state index in [4.69, 9.17) is 0 Å². The third-order valence-electron chi connectivity index (χ3n) is 4.03. The van der Waals surface area contributed by atoms with Crippen molar-refractivity contribution in [1.29, 1.82) is 0 Å². The van der Waals surface area contributed by atoms with Crippen molar-refractivity contribution in [3.05, 3.63) is 48.0 Å². The number of carbonyl (C=O) groups excluding carboxylic acids is 2. The molecule has 0 spiro atoms. The van der Waals surface area contributed by atoms with E-state index in [9.17, 15) is 9.59 Å². The van der Waals surface area contributed by atoms with Gasteiger partial charge in [-0.2, -0.15) is 0 Å². The van der Waals surface area contributed by atoms with E-state index in [0.717, 1.165) is 15.1 Å². The van der Waals surface area contributed by atoms with Gasteiger partial charge in [-0.15, -0.1) is 11.8 Å². The highest BCUT2D eigenvalue weighted by molar-refractivity contribution is 8.00. The van der Waals surface area contributed by atoms with Crippen LogP contribution in [0, 0.1) is 0 Å². The lowest BCUT2D eigenvalue weighted by molar-refractivity contribution is -0.115. The van der Waals surface area contributed by atoms with Gasteiger partial charge in [-0.3, -0.25) is 14.5 Å². The number of thioether (sulfide) groups is 1. The molecule has 1 N–H and O–H groups in total. The number of nitrogens with one attached hydrogen (secondary N) is 1. The third-order valence-corrected chi connectivity index (χ3v) is 6.32. The predicted octanol–water partition coefficient (Wildman–Crippen LogP) is 4.01. The molecule has 2 aromatic carbocycles. The number of hydrogen-bond acceptors (Lipinski definition) is 5. The second-order valence-electron chi connectivity index (χ2n) is 5.79. The summed E-state index contributed by atoms with van der Waals surface area (Å²) in [4.78, 5) is 31.7. The van der Waals surface area contributed by atoms with Crippen molar-refractivity contribution in [2.75, 3.05) is 17.3 Å². The predicted molar refractivity (Wildman–Crippen MR) is 103 cm³/mol. The molecule has 1 atom stereocenters. The highest BCUT2D eigenvalue weighted by atomic mass is 32.2. The first-order chi connectivity index (χ1) is 12.0. The van der Waals surface area contributed by atoms with Crippen LogP contribution in [-0.4, -0.2) is 29.1 Å². The van der Waals surface area contributed by atoms with Crippen LogP contribution in [0.15, 0.2) is 47.4 Å². The number of nitrogens with zero attached hydrogens (tertiary/aromatic N) is 2. The first-order valence-electron chi connectivity index (χ1n) is 7.78. The van der Waals surface area contributed by atoms with Gasteiger partial charge in [-0.1, -0.05) is 23.5 Å². The molecule has 25 heavy (non-hydrogen) atoms. The minimum Gasteiger partial charge on any atom is -0.324 e. The number of fused-ring (bicyclic) bond motifs is 2. The quantitative estimate of drug-likeness (QED) is 0.741. The summed E-state index contributed by atoms with van der Waals surface area (Å²) in [5.74, 6) is -0.193. The second-order valence-corrected chi connectivity index (χ2v) is 8.18. The maximum absolute atomic E-state index is 12.8. The Morgan fingerprint density at radius 1 is 1.24 bits per heavy atom. The monoisotopic (exact) mass is 369 g/mol. The van der Waals surface area contributed by atoms with Gasteiger partial charge in [0, 0.05) is 17.5 Å². The van der Waals surface area contributed by atoms with E-state index in [-0.39, 0.29) is 17.1 Å². The normalized spacial score (nSPS) is 16.4. The Kier molecular flexibility index (Phi) is 3.97. The average molecular weight is 369 g/mol. The number of para-hydroxylation sites is 1. The highest BCUT2D eigenvalue weighted by Crippen LogP contribution is 2.36. The molecule has 0 radical (unpaired) electrons. The van der Waals surface area contributed by atoms with Crippen LogP contribution < -0.4 is 10.2 Å². The molecule has 2 heterocycles. The zero-order valence-electron chi connectivity index (χ0n) is 13.6. The highest BCUT2D eigenvalue weighted by Gasteiger charge is 2.25. The molecular weight excluding hydrogens is 354 g/mol. The van der Waals surface area contributed by atoms with Crippen LogP contribution in [0.3, 0.4) is 0 Å². The van der Waals surface area contributed by atoms with Gasteiger partial charge in [0.2, 0.25) is 5.91 Å². The van der Waals surface area contributed by atoms with Gasteiger partial charge in [0.25, 0.3) is 5.91 Å². The molecule has 0 saturated carbocycles. The SMILES string of the molecule is CC1Sc2ccc(C(=O)N(C)c3nc4ccccc4s3)cc2NC1=O. The second kappa shape index (κ2) is 6.16. The topological polar surface area (TPSA) is 62.3 Å². The van der Waals surface area contributed by atoms with Gasteiger partial charge < -0.3 is 5.32 Å². The van der Waals surface area contributed by atoms with Crippen LogP contribution in [0.5, 0.6) is 0 Å². The Morgan fingerprint density at radius 3 is 2.84 bits per heavy atom. The minimum absolute atomic E-state index is 0.0402. The third kappa shape index (κ3) is 2.89. The molecule has 5 nitrogen and oxygen atoms in total. The van der Waals surface area contributed by atoms with Crippen molar-refractivity contribution >= 4 is 55.9 Å².